The van der Waals surface area contributed by atoms with Crippen molar-refractivity contribution in [2.75, 3.05) is 11.1 Å². The molecule has 2 aliphatic carbocycles. The minimum atomic E-state index is -0.441. The zero-order valence-electron chi connectivity index (χ0n) is 11.1. The van der Waals surface area contributed by atoms with E-state index in [4.69, 9.17) is 5.73 Å². The number of aromatic amines is 1. The smallest absolute Gasteiger partial charge is 0.330 e. The first-order chi connectivity index (χ1) is 9.10. The number of fused-ring (bicyclic) bond motifs is 2. The number of aromatic nitrogens is 2. The van der Waals surface area contributed by atoms with Crippen LogP contribution in [0.4, 0.5) is 11.5 Å². The van der Waals surface area contributed by atoms with E-state index in [2.05, 4.69) is 10.3 Å². The van der Waals surface area contributed by atoms with E-state index >= 15 is 0 Å². The fourth-order valence-electron chi connectivity index (χ4n) is 3.65. The minimum Gasteiger partial charge on any atom is -0.383 e. The Morgan fingerprint density at radius 2 is 2.16 bits per heavy atom. The van der Waals surface area contributed by atoms with Crippen molar-refractivity contribution < 1.29 is 0 Å². The van der Waals surface area contributed by atoms with E-state index < -0.39 is 11.2 Å². The lowest BCUT2D eigenvalue weighted by Crippen LogP contribution is -2.36. The third kappa shape index (κ3) is 1.95. The highest BCUT2D eigenvalue weighted by Gasteiger charge is 2.39. The summed E-state index contributed by atoms with van der Waals surface area (Å²) in [6.07, 6.45) is 4.90. The standard InChI is InChI=1S/C13H20N4O2/c1-2-17-11(14)10(12(18)16-13(17)19)15-9-6-7-3-4-8(9)5-7/h7-9,15H,2-6,14H2,1H3,(H,16,18,19). The summed E-state index contributed by atoms with van der Waals surface area (Å²) in [6, 6.07) is 0.324. The first-order valence-corrected chi connectivity index (χ1v) is 6.99. The minimum absolute atomic E-state index is 0.249. The van der Waals surface area contributed by atoms with Gasteiger partial charge < -0.3 is 11.1 Å². The Morgan fingerprint density at radius 1 is 1.37 bits per heavy atom. The molecule has 1 heterocycles. The molecule has 0 aliphatic heterocycles. The van der Waals surface area contributed by atoms with E-state index in [1.54, 1.807) is 0 Å². The number of nitrogens with one attached hydrogen (secondary N) is 2. The highest BCUT2D eigenvalue weighted by Crippen LogP contribution is 2.45. The predicted molar refractivity (Wildman–Crippen MR) is 74.3 cm³/mol. The SMILES string of the molecule is CCn1c(N)c(NC2CC3CCC2C3)c(=O)[nH]c1=O. The van der Waals surface area contributed by atoms with Crippen LogP contribution in [0.2, 0.25) is 0 Å². The monoisotopic (exact) mass is 264 g/mol. The lowest BCUT2D eigenvalue weighted by molar-refractivity contribution is 0.439. The number of nitrogen functional groups attached to an aromatic ring is 1. The van der Waals surface area contributed by atoms with Crippen LogP contribution in [0.5, 0.6) is 0 Å². The molecule has 3 unspecified atom stereocenters. The molecular weight excluding hydrogens is 244 g/mol. The van der Waals surface area contributed by atoms with Crippen molar-refractivity contribution in [1.82, 2.24) is 9.55 Å². The van der Waals surface area contributed by atoms with Crippen LogP contribution < -0.4 is 22.3 Å². The second kappa shape index (κ2) is 4.43. The lowest BCUT2D eigenvalue weighted by atomic mass is 9.95. The quantitative estimate of drug-likeness (QED) is 0.750. The largest absolute Gasteiger partial charge is 0.383 e. The highest BCUT2D eigenvalue weighted by molar-refractivity contribution is 5.61. The van der Waals surface area contributed by atoms with Gasteiger partial charge in [-0.15, -0.1) is 0 Å². The van der Waals surface area contributed by atoms with Crippen LogP contribution >= 0.6 is 0 Å². The van der Waals surface area contributed by atoms with Crippen molar-refractivity contribution in [3.63, 3.8) is 0 Å². The lowest BCUT2D eigenvalue weighted by Gasteiger charge is -2.24. The van der Waals surface area contributed by atoms with Crippen molar-refractivity contribution in [3.05, 3.63) is 20.8 Å². The zero-order valence-corrected chi connectivity index (χ0v) is 11.1. The molecule has 3 rings (SSSR count). The van der Waals surface area contributed by atoms with Gasteiger partial charge in [-0.25, -0.2) is 4.79 Å². The van der Waals surface area contributed by atoms with E-state index in [0.717, 1.165) is 12.3 Å². The maximum absolute atomic E-state index is 11.9. The second-order valence-electron chi connectivity index (χ2n) is 5.69. The average Bonchev–Trinajstić information content (AvgIpc) is 2.96. The first-order valence-electron chi connectivity index (χ1n) is 6.99. The summed E-state index contributed by atoms with van der Waals surface area (Å²) < 4.78 is 1.39. The third-order valence-corrected chi connectivity index (χ3v) is 4.62. The number of nitrogens with two attached hydrogens (primary N) is 1. The fourth-order valence-corrected chi connectivity index (χ4v) is 3.65. The second-order valence-corrected chi connectivity index (χ2v) is 5.69. The van der Waals surface area contributed by atoms with Crippen LogP contribution in [-0.2, 0) is 6.54 Å². The molecule has 0 amide bonds. The molecule has 2 saturated carbocycles. The number of anilines is 2. The summed E-state index contributed by atoms with van der Waals surface area (Å²) in [6.45, 7) is 2.28. The maximum Gasteiger partial charge on any atom is 0.330 e. The molecule has 0 radical (unpaired) electrons. The van der Waals surface area contributed by atoms with E-state index in [9.17, 15) is 9.59 Å². The Kier molecular flexibility index (Phi) is 2.88. The Balaban J connectivity index is 1.93. The summed E-state index contributed by atoms with van der Waals surface area (Å²) in [5.74, 6) is 1.68. The summed E-state index contributed by atoms with van der Waals surface area (Å²) in [5.41, 5.74) is 5.46. The summed E-state index contributed by atoms with van der Waals surface area (Å²) >= 11 is 0. The molecule has 2 bridgehead atoms. The maximum atomic E-state index is 11.9. The Hall–Kier alpha value is -1.72. The fraction of sp³-hybridized carbons (Fsp3) is 0.692. The Labute approximate surface area is 111 Å². The molecule has 19 heavy (non-hydrogen) atoms. The normalized spacial score (nSPS) is 28.8. The van der Waals surface area contributed by atoms with Crippen molar-refractivity contribution >= 4 is 11.5 Å². The van der Waals surface area contributed by atoms with Gasteiger partial charge in [-0.2, -0.15) is 0 Å². The molecule has 3 atom stereocenters. The van der Waals surface area contributed by atoms with Crippen LogP contribution in [0, 0.1) is 11.8 Å². The van der Waals surface area contributed by atoms with Gasteiger partial charge in [0.15, 0.2) is 0 Å². The zero-order chi connectivity index (χ0) is 13.6. The molecule has 4 N–H and O–H groups in total. The molecule has 1 aromatic rings. The van der Waals surface area contributed by atoms with Gasteiger partial charge in [0.1, 0.15) is 11.5 Å². The van der Waals surface area contributed by atoms with Crippen LogP contribution in [0.1, 0.15) is 32.6 Å². The Bertz CT molecular complexity index is 604. The predicted octanol–water partition coefficient (Wildman–Crippen LogP) is 0.739. The molecule has 0 saturated heterocycles. The average molecular weight is 264 g/mol. The highest BCUT2D eigenvalue weighted by atomic mass is 16.2. The molecule has 0 aromatic carbocycles. The van der Waals surface area contributed by atoms with Crippen molar-refractivity contribution in [3.8, 4) is 0 Å². The van der Waals surface area contributed by atoms with Crippen molar-refractivity contribution in [1.29, 1.82) is 0 Å². The topological polar surface area (TPSA) is 92.9 Å². The molecular formula is C13H20N4O2. The van der Waals surface area contributed by atoms with Crippen LogP contribution in [0.15, 0.2) is 9.59 Å². The number of hydrogen-bond acceptors (Lipinski definition) is 4. The summed E-state index contributed by atoms with van der Waals surface area (Å²) in [4.78, 5) is 25.8. The summed E-state index contributed by atoms with van der Waals surface area (Å²) in [7, 11) is 0. The Morgan fingerprint density at radius 3 is 2.74 bits per heavy atom. The molecule has 1 aromatic heterocycles. The number of H-pyrrole nitrogens is 1. The molecule has 2 aliphatic rings. The van der Waals surface area contributed by atoms with E-state index in [1.807, 2.05) is 6.92 Å². The molecule has 6 heteroatoms. The van der Waals surface area contributed by atoms with Gasteiger partial charge in [0, 0.05) is 12.6 Å². The van der Waals surface area contributed by atoms with E-state index in [0.29, 0.717) is 24.2 Å². The molecule has 104 valence electrons. The first kappa shape index (κ1) is 12.3. The van der Waals surface area contributed by atoms with Gasteiger partial charge >= 0.3 is 5.69 Å². The summed E-state index contributed by atoms with van der Waals surface area (Å²) in [5, 5.41) is 3.28. The molecule has 0 spiro atoms. The van der Waals surface area contributed by atoms with Crippen LogP contribution in [0.3, 0.4) is 0 Å². The third-order valence-electron chi connectivity index (χ3n) is 4.62. The number of hydrogen-bond donors (Lipinski definition) is 3. The molecule has 2 fully saturated rings. The van der Waals surface area contributed by atoms with E-state index in [1.165, 1.54) is 23.8 Å². The van der Waals surface area contributed by atoms with Gasteiger partial charge in [-0.05, 0) is 38.0 Å². The molecule has 6 nitrogen and oxygen atoms in total. The van der Waals surface area contributed by atoms with Crippen LogP contribution in [-0.4, -0.2) is 15.6 Å². The number of rotatable bonds is 3. The van der Waals surface area contributed by atoms with Gasteiger partial charge in [0.25, 0.3) is 5.56 Å². The van der Waals surface area contributed by atoms with Crippen molar-refractivity contribution in [2.45, 2.75) is 45.2 Å². The van der Waals surface area contributed by atoms with Crippen molar-refractivity contribution in [2.24, 2.45) is 11.8 Å². The van der Waals surface area contributed by atoms with E-state index in [-0.39, 0.29) is 5.82 Å². The van der Waals surface area contributed by atoms with Gasteiger partial charge in [-0.3, -0.25) is 14.3 Å². The van der Waals surface area contributed by atoms with Gasteiger partial charge in [0.05, 0.1) is 0 Å². The van der Waals surface area contributed by atoms with Gasteiger partial charge in [0.2, 0.25) is 0 Å². The van der Waals surface area contributed by atoms with Gasteiger partial charge in [-0.1, -0.05) is 6.42 Å². The number of nitrogens with zero attached hydrogens (tertiary/aromatic N) is 1. The van der Waals surface area contributed by atoms with Crippen LogP contribution in [0.25, 0.3) is 0 Å².